The third-order valence-corrected chi connectivity index (χ3v) is 3.33. The van der Waals surface area contributed by atoms with E-state index in [0.29, 0.717) is 11.9 Å². The Bertz CT molecular complexity index is 565. The highest BCUT2D eigenvalue weighted by atomic mass is 19.1. The van der Waals surface area contributed by atoms with Gasteiger partial charge >= 0.3 is 0 Å². The van der Waals surface area contributed by atoms with Gasteiger partial charge in [-0.2, -0.15) is 0 Å². The van der Waals surface area contributed by atoms with E-state index >= 15 is 0 Å². The quantitative estimate of drug-likeness (QED) is 0.843. The summed E-state index contributed by atoms with van der Waals surface area (Å²) in [5.74, 6) is 0.669. The molecule has 20 heavy (non-hydrogen) atoms. The molecule has 0 fully saturated rings. The predicted molar refractivity (Wildman–Crippen MR) is 78.3 cm³/mol. The highest BCUT2D eigenvalue weighted by Crippen LogP contribution is 2.19. The Morgan fingerprint density at radius 2 is 2.10 bits per heavy atom. The van der Waals surface area contributed by atoms with Gasteiger partial charge in [0.25, 0.3) is 0 Å². The van der Waals surface area contributed by atoms with Gasteiger partial charge in [-0.3, -0.25) is 0 Å². The van der Waals surface area contributed by atoms with Crippen LogP contribution in [0.3, 0.4) is 0 Å². The Hall–Kier alpha value is -1.46. The third-order valence-electron chi connectivity index (χ3n) is 3.33. The molecule has 1 aromatic carbocycles. The van der Waals surface area contributed by atoms with Crippen molar-refractivity contribution in [3.63, 3.8) is 0 Å². The van der Waals surface area contributed by atoms with Crippen LogP contribution < -0.4 is 0 Å². The third kappa shape index (κ3) is 3.55. The summed E-state index contributed by atoms with van der Waals surface area (Å²) < 4.78 is 15.4. The summed E-state index contributed by atoms with van der Waals surface area (Å²) in [6.07, 6.45) is 2.41. The topological polar surface area (TPSA) is 41.3 Å². The fraction of sp³-hybridized carbons (Fsp3) is 0.533. The summed E-state index contributed by atoms with van der Waals surface area (Å²) >= 11 is 0. The summed E-state index contributed by atoms with van der Waals surface area (Å²) in [5, 5.41) is 8.98. The maximum Gasteiger partial charge on any atom is 0.125 e. The molecule has 110 valence electrons. The highest BCUT2D eigenvalue weighted by Gasteiger charge is 2.11. The van der Waals surface area contributed by atoms with Crippen molar-refractivity contribution in [3.05, 3.63) is 29.8 Å². The molecule has 0 saturated carbocycles. The number of nitrogens with zero attached hydrogens (tertiary/aromatic N) is 3. The molecule has 0 aliphatic rings. The molecule has 0 radical (unpaired) electrons. The summed E-state index contributed by atoms with van der Waals surface area (Å²) in [7, 11) is 4.10. The van der Waals surface area contributed by atoms with Crippen LogP contribution in [0.5, 0.6) is 0 Å². The van der Waals surface area contributed by atoms with Crippen LogP contribution in [-0.2, 0) is 13.0 Å². The van der Waals surface area contributed by atoms with Crippen LogP contribution >= 0.6 is 0 Å². The molecule has 0 unspecified atom stereocenters. The van der Waals surface area contributed by atoms with Crippen LogP contribution in [0, 0.1) is 5.82 Å². The van der Waals surface area contributed by atoms with Crippen molar-refractivity contribution in [1.29, 1.82) is 0 Å². The Balaban J connectivity index is 2.26. The lowest BCUT2D eigenvalue weighted by Gasteiger charge is -2.12. The molecular weight excluding hydrogens is 257 g/mol. The van der Waals surface area contributed by atoms with Crippen molar-refractivity contribution in [1.82, 2.24) is 14.5 Å². The largest absolute Gasteiger partial charge is 0.396 e. The Kier molecular flexibility index (Phi) is 5.09. The van der Waals surface area contributed by atoms with Crippen molar-refractivity contribution in [3.8, 4) is 0 Å². The number of hydrogen-bond acceptors (Lipinski definition) is 3. The number of aliphatic hydroxyl groups excluding tert-OH is 1. The lowest BCUT2D eigenvalue weighted by Crippen LogP contribution is -2.16. The maximum absolute atomic E-state index is 13.3. The average Bonchev–Trinajstić information content (AvgIpc) is 2.73. The van der Waals surface area contributed by atoms with E-state index in [4.69, 9.17) is 5.11 Å². The smallest absolute Gasteiger partial charge is 0.125 e. The second-order valence-corrected chi connectivity index (χ2v) is 5.30. The van der Waals surface area contributed by atoms with E-state index in [-0.39, 0.29) is 12.4 Å². The molecule has 0 amide bonds. The van der Waals surface area contributed by atoms with Gasteiger partial charge in [0.2, 0.25) is 0 Å². The number of benzene rings is 1. The van der Waals surface area contributed by atoms with Gasteiger partial charge < -0.3 is 14.6 Å². The van der Waals surface area contributed by atoms with Crippen LogP contribution in [0.2, 0.25) is 0 Å². The first-order valence-corrected chi connectivity index (χ1v) is 7.02. The van der Waals surface area contributed by atoms with Crippen molar-refractivity contribution in [2.24, 2.45) is 0 Å². The van der Waals surface area contributed by atoms with Crippen molar-refractivity contribution < 1.29 is 9.50 Å². The summed E-state index contributed by atoms with van der Waals surface area (Å²) in [6.45, 7) is 2.01. The summed E-state index contributed by atoms with van der Waals surface area (Å²) in [5.41, 5.74) is 1.67. The van der Waals surface area contributed by atoms with E-state index in [1.807, 2.05) is 14.1 Å². The van der Waals surface area contributed by atoms with Crippen LogP contribution in [0.4, 0.5) is 4.39 Å². The predicted octanol–water partition coefficient (Wildman–Crippen LogP) is 2.05. The number of imidazole rings is 1. The first kappa shape index (κ1) is 14.9. The van der Waals surface area contributed by atoms with Crippen LogP contribution in [0.15, 0.2) is 18.2 Å². The zero-order valence-corrected chi connectivity index (χ0v) is 12.1. The second-order valence-electron chi connectivity index (χ2n) is 5.30. The molecule has 1 N–H and O–H groups in total. The molecule has 5 heteroatoms. The minimum absolute atomic E-state index is 0.148. The molecule has 0 aliphatic carbocycles. The molecule has 2 rings (SSSR count). The van der Waals surface area contributed by atoms with Crippen molar-refractivity contribution >= 4 is 11.0 Å². The Morgan fingerprint density at radius 3 is 2.80 bits per heavy atom. The Morgan fingerprint density at radius 1 is 1.30 bits per heavy atom. The van der Waals surface area contributed by atoms with Gasteiger partial charge in [-0.1, -0.05) is 0 Å². The van der Waals surface area contributed by atoms with Gasteiger partial charge in [0.1, 0.15) is 11.6 Å². The molecule has 0 bridgehead atoms. The number of aryl methyl sites for hydroxylation is 2. The lowest BCUT2D eigenvalue weighted by atomic mass is 10.3. The van der Waals surface area contributed by atoms with Crippen LogP contribution in [0.1, 0.15) is 18.7 Å². The van der Waals surface area contributed by atoms with Gasteiger partial charge in [-0.15, -0.1) is 0 Å². The second kappa shape index (κ2) is 6.81. The number of aliphatic hydroxyl groups is 1. The summed E-state index contributed by atoms with van der Waals surface area (Å²) in [4.78, 5) is 6.65. The van der Waals surface area contributed by atoms with Crippen molar-refractivity contribution in [2.45, 2.75) is 25.8 Å². The Labute approximate surface area is 118 Å². The average molecular weight is 279 g/mol. The molecule has 2 aromatic rings. The van der Waals surface area contributed by atoms with Crippen LogP contribution in [-0.4, -0.2) is 46.8 Å². The highest BCUT2D eigenvalue weighted by molar-refractivity contribution is 5.76. The molecule has 4 nitrogen and oxygen atoms in total. The lowest BCUT2D eigenvalue weighted by molar-refractivity contribution is 0.286. The molecule has 0 spiro atoms. The summed E-state index contributed by atoms with van der Waals surface area (Å²) in [6, 6.07) is 4.73. The monoisotopic (exact) mass is 279 g/mol. The van der Waals surface area contributed by atoms with E-state index in [1.165, 1.54) is 12.1 Å². The maximum atomic E-state index is 13.3. The fourth-order valence-corrected chi connectivity index (χ4v) is 2.38. The van der Waals surface area contributed by atoms with E-state index < -0.39 is 0 Å². The van der Waals surface area contributed by atoms with Crippen LogP contribution in [0.25, 0.3) is 11.0 Å². The molecule has 1 heterocycles. The molecular formula is C15H22FN3O. The van der Waals surface area contributed by atoms with E-state index in [1.54, 1.807) is 6.07 Å². The van der Waals surface area contributed by atoms with E-state index in [0.717, 1.165) is 37.3 Å². The number of fused-ring (bicyclic) bond motifs is 1. The van der Waals surface area contributed by atoms with Gasteiger partial charge in [0.15, 0.2) is 0 Å². The number of hydrogen-bond donors (Lipinski definition) is 1. The minimum Gasteiger partial charge on any atom is -0.396 e. The number of halogens is 1. The fourth-order valence-electron chi connectivity index (χ4n) is 2.38. The van der Waals surface area contributed by atoms with Gasteiger partial charge in [-0.05, 0) is 45.6 Å². The zero-order valence-electron chi connectivity index (χ0n) is 12.1. The van der Waals surface area contributed by atoms with Gasteiger partial charge in [0.05, 0.1) is 11.0 Å². The van der Waals surface area contributed by atoms with Gasteiger partial charge in [-0.25, -0.2) is 9.37 Å². The molecule has 0 atom stereocenters. The first-order chi connectivity index (χ1) is 9.61. The van der Waals surface area contributed by atoms with Crippen molar-refractivity contribution in [2.75, 3.05) is 27.2 Å². The van der Waals surface area contributed by atoms with E-state index in [2.05, 4.69) is 14.5 Å². The number of aromatic nitrogens is 2. The zero-order chi connectivity index (χ0) is 14.5. The normalized spacial score (nSPS) is 11.7. The molecule has 1 aromatic heterocycles. The molecule has 0 aliphatic heterocycles. The van der Waals surface area contributed by atoms with E-state index in [9.17, 15) is 4.39 Å². The molecule has 0 saturated heterocycles. The standard InChI is InChI=1S/C15H22FN3O/c1-18(2)8-4-9-19-14-7-6-12(16)11-13(14)17-15(19)5-3-10-20/h6-7,11,20H,3-5,8-10H2,1-2H3. The first-order valence-electron chi connectivity index (χ1n) is 7.02. The minimum atomic E-state index is -0.260. The SMILES string of the molecule is CN(C)CCCn1c(CCCO)nc2cc(F)ccc21. The van der Waals surface area contributed by atoms with Gasteiger partial charge in [0, 0.05) is 25.6 Å². The number of rotatable bonds is 7.